The van der Waals surface area contributed by atoms with Crippen molar-refractivity contribution in [1.29, 1.82) is 0 Å². The van der Waals surface area contributed by atoms with Gasteiger partial charge < -0.3 is 14.9 Å². The third kappa shape index (κ3) is 2.97. The van der Waals surface area contributed by atoms with Gasteiger partial charge in [-0.1, -0.05) is 18.2 Å². The Balaban J connectivity index is 2.30. The van der Waals surface area contributed by atoms with Crippen LogP contribution in [0.25, 0.3) is 0 Å². The van der Waals surface area contributed by atoms with Gasteiger partial charge >= 0.3 is 5.97 Å². The zero-order valence-electron chi connectivity index (χ0n) is 11.7. The minimum absolute atomic E-state index is 0.0190. The molecule has 0 radical (unpaired) electrons. The summed E-state index contributed by atoms with van der Waals surface area (Å²) in [5.74, 6) is -1.82. The molecule has 2 aromatic rings. The zero-order chi connectivity index (χ0) is 15.6. The molecule has 4 nitrogen and oxygen atoms in total. The number of phenolic OH excluding ortho intramolecular Hbond substituents is 1. The van der Waals surface area contributed by atoms with Crippen LogP contribution in [0.1, 0.15) is 27.0 Å². The standard InChI is InChI=1S/C16H15FO4/c1-9-7-13(18)10(2)14(17)15(9)21-8-11-5-3-4-6-12(11)16(19)20/h3-7,18H,8H2,1-2H3,(H,19,20). The van der Waals surface area contributed by atoms with Crippen molar-refractivity contribution in [2.75, 3.05) is 0 Å². The Labute approximate surface area is 121 Å². The molecule has 0 aliphatic heterocycles. The highest BCUT2D eigenvalue weighted by Crippen LogP contribution is 2.32. The molecule has 2 aromatic carbocycles. The van der Waals surface area contributed by atoms with Crippen LogP contribution in [-0.2, 0) is 6.61 Å². The summed E-state index contributed by atoms with van der Waals surface area (Å²) in [6.45, 7) is 2.99. The molecule has 0 spiro atoms. The maximum absolute atomic E-state index is 14.1. The Morgan fingerprint density at radius 1 is 1.29 bits per heavy atom. The summed E-state index contributed by atoms with van der Waals surface area (Å²) in [5, 5.41) is 18.6. The fourth-order valence-electron chi connectivity index (χ4n) is 2.02. The van der Waals surface area contributed by atoms with Gasteiger partial charge in [-0.3, -0.25) is 0 Å². The molecular formula is C16H15FO4. The highest BCUT2D eigenvalue weighted by Gasteiger charge is 2.16. The minimum Gasteiger partial charge on any atom is -0.508 e. The molecule has 110 valence electrons. The molecule has 0 aliphatic rings. The number of rotatable bonds is 4. The van der Waals surface area contributed by atoms with E-state index in [2.05, 4.69) is 0 Å². The lowest BCUT2D eigenvalue weighted by atomic mass is 10.1. The maximum Gasteiger partial charge on any atom is 0.336 e. The Morgan fingerprint density at radius 2 is 1.95 bits per heavy atom. The van der Waals surface area contributed by atoms with Crippen molar-refractivity contribution >= 4 is 5.97 Å². The summed E-state index contributed by atoms with van der Waals surface area (Å²) >= 11 is 0. The van der Waals surface area contributed by atoms with Crippen molar-refractivity contribution in [3.05, 3.63) is 58.4 Å². The number of ether oxygens (including phenoxy) is 1. The van der Waals surface area contributed by atoms with Gasteiger partial charge in [-0.15, -0.1) is 0 Å². The lowest BCUT2D eigenvalue weighted by molar-refractivity contribution is 0.0694. The molecule has 2 rings (SSSR count). The molecule has 0 heterocycles. The van der Waals surface area contributed by atoms with Crippen LogP contribution in [0.3, 0.4) is 0 Å². The number of phenols is 1. The predicted molar refractivity (Wildman–Crippen MR) is 75.3 cm³/mol. The maximum atomic E-state index is 14.1. The van der Waals surface area contributed by atoms with Crippen LogP contribution in [0.4, 0.5) is 4.39 Å². The second-order valence-corrected chi connectivity index (χ2v) is 4.73. The van der Waals surface area contributed by atoms with E-state index in [0.29, 0.717) is 11.1 Å². The second kappa shape index (κ2) is 5.83. The summed E-state index contributed by atoms with van der Waals surface area (Å²) < 4.78 is 19.5. The average Bonchev–Trinajstić information content (AvgIpc) is 2.45. The van der Waals surface area contributed by atoms with Gasteiger partial charge in [-0.05, 0) is 31.5 Å². The molecule has 0 amide bonds. The van der Waals surface area contributed by atoms with Crippen molar-refractivity contribution in [2.45, 2.75) is 20.5 Å². The number of hydrogen-bond acceptors (Lipinski definition) is 3. The van der Waals surface area contributed by atoms with Gasteiger partial charge in [0.05, 0.1) is 5.56 Å². The number of benzene rings is 2. The van der Waals surface area contributed by atoms with Crippen LogP contribution in [0.15, 0.2) is 30.3 Å². The molecule has 5 heteroatoms. The smallest absolute Gasteiger partial charge is 0.336 e. The van der Waals surface area contributed by atoms with Crippen LogP contribution in [0.5, 0.6) is 11.5 Å². The fourth-order valence-corrected chi connectivity index (χ4v) is 2.02. The van der Waals surface area contributed by atoms with Crippen molar-refractivity contribution in [3.8, 4) is 11.5 Å². The average molecular weight is 290 g/mol. The number of aromatic hydroxyl groups is 1. The lowest BCUT2D eigenvalue weighted by Gasteiger charge is -2.14. The van der Waals surface area contributed by atoms with E-state index in [1.165, 1.54) is 19.1 Å². The summed E-state index contributed by atoms with van der Waals surface area (Å²) in [6, 6.07) is 7.80. The van der Waals surface area contributed by atoms with Crippen molar-refractivity contribution in [1.82, 2.24) is 0 Å². The van der Waals surface area contributed by atoms with Gasteiger partial charge in [0.25, 0.3) is 0 Å². The van der Waals surface area contributed by atoms with E-state index in [1.54, 1.807) is 25.1 Å². The first-order chi connectivity index (χ1) is 9.91. The molecule has 21 heavy (non-hydrogen) atoms. The largest absolute Gasteiger partial charge is 0.508 e. The predicted octanol–water partition coefficient (Wildman–Crippen LogP) is 3.43. The number of aromatic carboxylic acids is 1. The SMILES string of the molecule is Cc1cc(O)c(C)c(F)c1OCc1ccccc1C(=O)O. The van der Waals surface area contributed by atoms with Crippen LogP contribution in [-0.4, -0.2) is 16.2 Å². The Hall–Kier alpha value is -2.56. The highest BCUT2D eigenvalue weighted by molar-refractivity contribution is 5.89. The number of aryl methyl sites for hydroxylation is 1. The Bertz CT molecular complexity index is 695. The van der Waals surface area contributed by atoms with Gasteiger partial charge in [0.15, 0.2) is 11.6 Å². The second-order valence-electron chi connectivity index (χ2n) is 4.73. The van der Waals surface area contributed by atoms with Crippen molar-refractivity contribution in [3.63, 3.8) is 0 Å². The molecule has 0 atom stereocenters. The van der Waals surface area contributed by atoms with Crippen molar-refractivity contribution < 1.29 is 24.1 Å². The quantitative estimate of drug-likeness (QED) is 0.905. The van der Waals surface area contributed by atoms with E-state index >= 15 is 0 Å². The molecule has 0 aliphatic carbocycles. The first-order valence-electron chi connectivity index (χ1n) is 6.34. The van der Waals surface area contributed by atoms with E-state index in [1.807, 2.05) is 0 Å². The van der Waals surface area contributed by atoms with Gasteiger partial charge in [0.1, 0.15) is 12.4 Å². The Kier molecular flexibility index (Phi) is 4.12. The van der Waals surface area contributed by atoms with E-state index < -0.39 is 11.8 Å². The molecule has 0 aromatic heterocycles. The summed E-state index contributed by atoms with van der Waals surface area (Å²) in [4.78, 5) is 11.1. The van der Waals surface area contributed by atoms with Gasteiger partial charge in [0.2, 0.25) is 0 Å². The number of carboxylic acids is 1. The summed E-state index contributed by atoms with van der Waals surface area (Å²) in [5.41, 5.74) is 1.12. The molecule has 0 bridgehead atoms. The van der Waals surface area contributed by atoms with E-state index in [0.717, 1.165) is 0 Å². The first-order valence-corrected chi connectivity index (χ1v) is 6.34. The monoisotopic (exact) mass is 290 g/mol. The first kappa shape index (κ1) is 14.8. The minimum atomic E-state index is -1.06. The third-order valence-corrected chi connectivity index (χ3v) is 3.24. The fraction of sp³-hybridized carbons (Fsp3) is 0.188. The van der Waals surface area contributed by atoms with Crippen LogP contribution < -0.4 is 4.74 Å². The molecule has 0 saturated carbocycles. The molecule has 0 saturated heterocycles. The molecule has 0 unspecified atom stereocenters. The lowest BCUT2D eigenvalue weighted by Crippen LogP contribution is -2.07. The topological polar surface area (TPSA) is 66.8 Å². The third-order valence-electron chi connectivity index (χ3n) is 3.24. The molecule has 0 fully saturated rings. The van der Waals surface area contributed by atoms with Crippen LogP contribution in [0, 0.1) is 19.7 Å². The number of carbonyl (C=O) groups is 1. The summed E-state index contributed by atoms with van der Waals surface area (Å²) in [6.07, 6.45) is 0. The van der Waals surface area contributed by atoms with E-state index in [9.17, 15) is 14.3 Å². The van der Waals surface area contributed by atoms with Gasteiger partial charge in [0, 0.05) is 11.1 Å². The van der Waals surface area contributed by atoms with Gasteiger partial charge in [-0.2, -0.15) is 0 Å². The highest BCUT2D eigenvalue weighted by atomic mass is 19.1. The zero-order valence-corrected chi connectivity index (χ0v) is 11.7. The van der Waals surface area contributed by atoms with Gasteiger partial charge in [-0.25, -0.2) is 9.18 Å². The van der Waals surface area contributed by atoms with Crippen LogP contribution >= 0.6 is 0 Å². The summed E-state index contributed by atoms with van der Waals surface area (Å²) in [7, 11) is 0. The number of hydrogen-bond donors (Lipinski definition) is 2. The van der Waals surface area contributed by atoms with E-state index in [4.69, 9.17) is 9.84 Å². The molecule has 2 N–H and O–H groups in total. The van der Waals surface area contributed by atoms with Crippen LogP contribution in [0.2, 0.25) is 0 Å². The normalized spacial score (nSPS) is 10.4. The number of halogens is 1. The van der Waals surface area contributed by atoms with E-state index in [-0.39, 0.29) is 29.2 Å². The number of carboxylic acid groups (broad SMARTS) is 1. The Morgan fingerprint density at radius 3 is 2.62 bits per heavy atom. The van der Waals surface area contributed by atoms with Crippen molar-refractivity contribution in [2.24, 2.45) is 0 Å². The molecular weight excluding hydrogens is 275 g/mol.